The van der Waals surface area contributed by atoms with E-state index in [1.54, 1.807) is 30.3 Å². The molecule has 0 heterocycles. The van der Waals surface area contributed by atoms with Crippen LogP contribution in [-0.4, -0.2) is 26.7 Å². The van der Waals surface area contributed by atoms with Crippen LogP contribution in [0.25, 0.3) is 0 Å². The third-order valence-electron chi connectivity index (χ3n) is 4.46. The van der Waals surface area contributed by atoms with Crippen molar-refractivity contribution in [3.05, 3.63) is 87.0 Å². The van der Waals surface area contributed by atoms with Crippen molar-refractivity contribution >= 4 is 28.6 Å². The Morgan fingerprint density at radius 3 is 2.21 bits per heavy atom. The predicted octanol–water partition coefficient (Wildman–Crippen LogP) is 3.53. The summed E-state index contributed by atoms with van der Waals surface area (Å²) in [5.74, 6) is -2.35. The van der Waals surface area contributed by atoms with Crippen LogP contribution in [0.4, 0.5) is 17.1 Å². The minimum atomic E-state index is -0.775. The summed E-state index contributed by atoms with van der Waals surface area (Å²) < 4.78 is 0. The molecule has 0 atom stereocenters. The molecule has 0 saturated heterocycles. The van der Waals surface area contributed by atoms with E-state index < -0.39 is 39.1 Å². The van der Waals surface area contributed by atoms with E-state index in [1.807, 2.05) is 0 Å². The molecule has 3 aromatic carbocycles. The molecule has 3 aromatic rings. The lowest BCUT2D eigenvalue weighted by Crippen LogP contribution is -2.23. The van der Waals surface area contributed by atoms with E-state index in [0.29, 0.717) is 5.69 Å². The number of nitrogens with zero attached hydrogens (tertiary/aromatic N) is 1. The topological polar surface area (TPSA) is 130 Å². The van der Waals surface area contributed by atoms with Crippen molar-refractivity contribution in [2.24, 2.45) is 0 Å². The van der Waals surface area contributed by atoms with Crippen molar-refractivity contribution in [3.8, 4) is 11.5 Å². The molecule has 4 rings (SSSR count). The van der Waals surface area contributed by atoms with Crippen LogP contribution in [0.5, 0.6) is 11.5 Å². The quantitative estimate of drug-likeness (QED) is 0.368. The lowest BCUT2D eigenvalue weighted by molar-refractivity contribution is -0.384. The van der Waals surface area contributed by atoms with E-state index in [1.165, 1.54) is 12.1 Å². The first-order valence-corrected chi connectivity index (χ1v) is 8.17. The highest BCUT2D eigenvalue weighted by Gasteiger charge is 2.40. The molecule has 0 aliphatic heterocycles. The average molecular weight is 376 g/mol. The highest BCUT2D eigenvalue weighted by molar-refractivity contribution is 6.31. The van der Waals surface area contributed by atoms with Crippen molar-refractivity contribution in [2.45, 2.75) is 0 Å². The largest absolute Gasteiger partial charge is 0.508 e. The van der Waals surface area contributed by atoms with Gasteiger partial charge in [-0.25, -0.2) is 0 Å². The van der Waals surface area contributed by atoms with Gasteiger partial charge < -0.3 is 15.5 Å². The SMILES string of the molecule is O=C1c2cc(O)ccc2C(=O)c2c1c(O)cc(Nc1ccccc1)c2[N+](=O)[O-]. The molecule has 0 bridgehead atoms. The Hall–Kier alpha value is -4.20. The number of carbonyl (C=O) groups is 2. The number of fused-ring (bicyclic) bond motifs is 2. The molecule has 8 nitrogen and oxygen atoms in total. The molecular formula is C20H12N2O6. The smallest absolute Gasteiger partial charge is 0.304 e. The number of hydrogen-bond donors (Lipinski definition) is 3. The van der Waals surface area contributed by atoms with Crippen molar-refractivity contribution in [3.63, 3.8) is 0 Å². The third kappa shape index (κ3) is 2.55. The van der Waals surface area contributed by atoms with Crippen LogP contribution in [0.15, 0.2) is 54.6 Å². The zero-order chi connectivity index (χ0) is 20.0. The van der Waals surface area contributed by atoms with Gasteiger partial charge in [0, 0.05) is 22.9 Å². The number of benzene rings is 3. The molecule has 1 aliphatic rings. The van der Waals surface area contributed by atoms with Gasteiger partial charge in [0.2, 0.25) is 5.78 Å². The van der Waals surface area contributed by atoms with Gasteiger partial charge in [-0.05, 0) is 30.3 Å². The number of hydrogen-bond acceptors (Lipinski definition) is 7. The van der Waals surface area contributed by atoms with E-state index >= 15 is 0 Å². The Kier molecular flexibility index (Phi) is 3.82. The average Bonchev–Trinajstić information content (AvgIpc) is 2.66. The number of aromatic hydroxyl groups is 2. The Bertz CT molecular complexity index is 1170. The number of nitrogens with one attached hydrogen (secondary N) is 1. The summed E-state index contributed by atoms with van der Waals surface area (Å²) in [5, 5.41) is 34.6. The molecular weight excluding hydrogens is 364 g/mol. The van der Waals surface area contributed by atoms with Crippen LogP contribution in [0.3, 0.4) is 0 Å². The lowest BCUT2D eigenvalue weighted by Gasteiger charge is -2.20. The van der Waals surface area contributed by atoms with E-state index in [0.717, 1.165) is 12.1 Å². The number of phenolic OH excluding ortho intramolecular Hbond substituents is 2. The van der Waals surface area contributed by atoms with Gasteiger partial charge >= 0.3 is 5.69 Å². The zero-order valence-electron chi connectivity index (χ0n) is 14.2. The number of rotatable bonds is 3. The maximum Gasteiger partial charge on any atom is 0.304 e. The van der Waals surface area contributed by atoms with E-state index in [4.69, 9.17) is 0 Å². The maximum atomic E-state index is 13.0. The Balaban J connectivity index is 1.98. The van der Waals surface area contributed by atoms with Gasteiger partial charge in [-0.2, -0.15) is 0 Å². The Morgan fingerprint density at radius 1 is 0.857 bits per heavy atom. The molecule has 0 fully saturated rings. The third-order valence-corrected chi connectivity index (χ3v) is 4.46. The number of ketones is 2. The molecule has 1 aliphatic carbocycles. The highest BCUT2D eigenvalue weighted by atomic mass is 16.6. The molecule has 138 valence electrons. The van der Waals surface area contributed by atoms with E-state index in [2.05, 4.69) is 5.32 Å². The van der Waals surface area contributed by atoms with Gasteiger partial charge in [0.25, 0.3) is 0 Å². The summed E-state index contributed by atoms with van der Waals surface area (Å²) in [6.07, 6.45) is 0. The van der Waals surface area contributed by atoms with Crippen molar-refractivity contribution in [1.82, 2.24) is 0 Å². The van der Waals surface area contributed by atoms with Gasteiger partial charge in [0.1, 0.15) is 22.7 Å². The number of nitro groups is 1. The molecule has 3 N–H and O–H groups in total. The summed E-state index contributed by atoms with van der Waals surface area (Å²) in [5.41, 5.74) is -1.34. The first-order chi connectivity index (χ1) is 13.4. The fraction of sp³-hybridized carbons (Fsp3) is 0. The molecule has 0 radical (unpaired) electrons. The molecule has 8 heteroatoms. The van der Waals surface area contributed by atoms with Gasteiger partial charge in [0.05, 0.1) is 10.5 Å². The van der Waals surface area contributed by atoms with Crippen LogP contribution < -0.4 is 5.32 Å². The molecule has 0 aromatic heterocycles. The molecule has 0 saturated carbocycles. The monoisotopic (exact) mass is 376 g/mol. The van der Waals surface area contributed by atoms with Crippen LogP contribution >= 0.6 is 0 Å². The standard InChI is InChI=1S/C20H12N2O6/c23-11-6-7-12-13(8-11)20(26)16-15(24)9-14(21-10-4-2-1-3-5-10)18(22(27)28)17(16)19(12)25/h1-9,21,23-24H. The zero-order valence-corrected chi connectivity index (χ0v) is 14.2. The van der Waals surface area contributed by atoms with Crippen molar-refractivity contribution in [2.75, 3.05) is 5.32 Å². The maximum absolute atomic E-state index is 13.0. The molecule has 0 amide bonds. The summed E-state index contributed by atoms with van der Waals surface area (Å²) in [4.78, 5) is 36.8. The number of anilines is 2. The predicted molar refractivity (Wildman–Crippen MR) is 99.5 cm³/mol. The van der Waals surface area contributed by atoms with E-state index in [9.17, 15) is 29.9 Å². The van der Waals surface area contributed by atoms with E-state index in [-0.39, 0.29) is 22.6 Å². The fourth-order valence-electron chi connectivity index (χ4n) is 3.26. The normalized spacial score (nSPS) is 12.3. The number of nitro benzene ring substituents is 1. The lowest BCUT2D eigenvalue weighted by atomic mass is 9.82. The molecule has 28 heavy (non-hydrogen) atoms. The van der Waals surface area contributed by atoms with Crippen LogP contribution in [-0.2, 0) is 0 Å². The molecule has 0 unspecified atom stereocenters. The van der Waals surface area contributed by atoms with Crippen LogP contribution in [0.1, 0.15) is 31.8 Å². The fourth-order valence-corrected chi connectivity index (χ4v) is 3.26. The Morgan fingerprint density at radius 2 is 1.54 bits per heavy atom. The van der Waals surface area contributed by atoms with Gasteiger partial charge in [0.15, 0.2) is 5.78 Å². The molecule has 0 spiro atoms. The van der Waals surface area contributed by atoms with Crippen molar-refractivity contribution in [1.29, 1.82) is 0 Å². The first-order valence-electron chi connectivity index (χ1n) is 8.17. The minimum Gasteiger partial charge on any atom is -0.508 e. The number of para-hydroxylation sites is 1. The highest BCUT2D eigenvalue weighted by Crippen LogP contribution is 2.43. The second-order valence-electron chi connectivity index (χ2n) is 6.18. The number of phenols is 2. The summed E-state index contributed by atoms with van der Waals surface area (Å²) in [6.45, 7) is 0. The van der Waals surface area contributed by atoms with Gasteiger partial charge in [-0.1, -0.05) is 18.2 Å². The minimum absolute atomic E-state index is 0.0744. The Labute approximate surface area is 157 Å². The second kappa shape index (κ2) is 6.20. The first kappa shape index (κ1) is 17.2. The summed E-state index contributed by atoms with van der Waals surface area (Å²) in [7, 11) is 0. The number of carbonyl (C=O) groups excluding carboxylic acids is 2. The van der Waals surface area contributed by atoms with Crippen LogP contribution in [0.2, 0.25) is 0 Å². The van der Waals surface area contributed by atoms with Crippen LogP contribution in [0, 0.1) is 10.1 Å². The van der Waals surface area contributed by atoms with Crippen molar-refractivity contribution < 1.29 is 24.7 Å². The van der Waals surface area contributed by atoms with Gasteiger partial charge in [-0.15, -0.1) is 0 Å². The van der Waals surface area contributed by atoms with Gasteiger partial charge in [-0.3, -0.25) is 19.7 Å². The second-order valence-corrected chi connectivity index (χ2v) is 6.18. The summed E-state index contributed by atoms with van der Waals surface area (Å²) >= 11 is 0. The summed E-state index contributed by atoms with van der Waals surface area (Å²) in [6, 6.07) is 13.1.